The molecule has 4 heteroatoms. The molecule has 0 N–H and O–H groups in total. The standard InChI is InChI=1S/C13H12ClN3/c1-3-17-10-5-4-8(2)6-9(10)11-12(17)13(14)16-7-15-11/h4-7H,3H2,1-2H3. The van der Waals surface area contributed by atoms with Crippen molar-refractivity contribution >= 4 is 33.5 Å². The lowest BCUT2D eigenvalue weighted by molar-refractivity contribution is 0.824. The minimum absolute atomic E-state index is 0.519. The number of rotatable bonds is 1. The van der Waals surface area contributed by atoms with E-state index in [9.17, 15) is 0 Å². The molecule has 0 aliphatic heterocycles. The average Bonchev–Trinajstić information content (AvgIpc) is 2.64. The second-order valence-corrected chi connectivity index (χ2v) is 4.48. The summed E-state index contributed by atoms with van der Waals surface area (Å²) in [7, 11) is 0. The van der Waals surface area contributed by atoms with Gasteiger partial charge < -0.3 is 4.57 Å². The average molecular weight is 246 g/mol. The van der Waals surface area contributed by atoms with Gasteiger partial charge in [-0.25, -0.2) is 9.97 Å². The molecule has 86 valence electrons. The highest BCUT2D eigenvalue weighted by Gasteiger charge is 2.13. The van der Waals surface area contributed by atoms with Crippen molar-refractivity contribution < 1.29 is 0 Å². The highest BCUT2D eigenvalue weighted by atomic mass is 35.5. The van der Waals surface area contributed by atoms with Crippen LogP contribution in [0.5, 0.6) is 0 Å². The monoisotopic (exact) mass is 245 g/mol. The number of halogens is 1. The number of fused-ring (bicyclic) bond motifs is 3. The van der Waals surface area contributed by atoms with Crippen molar-refractivity contribution in [2.75, 3.05) is 0 Å². The number of nitrogens with zero attached hydrogens (tertiary/aromatic N) is 3. The molecule has 17 heavy (non-hydrogen) atoms. The predicted octanol–water partition coefficient (Wildman–Crippen LogP) is 3.57. The van der Waals surface area contributed by atoms with E-state index in [1.54, 1.807) is 0 Å². The molecule has 1 aromatic carbocycles. The van der Waals surface area contributed by atoms with Crippen molar-refractivity contribution in [3.63, 3.8) is 0 Å². The van der Waals surface area contributed by atoms with E-state index in [0.717, 1.165) is 28.5 Å². The molecule has 0 saturated carbocycles. The van der Waals surface area contributed by atoms with Gasteiger partial charge in [0.25, 0.3) is 0 Å². The van der Waals surface area contributed by atoms with Gasteiger partial charge in [-0.05, 0) is 26.0 Å². The summed E-state index contributed by atoms with van der Waals surface area (Å²) >= 11 is 6.18. The minimum Gasteiger partial charge on any atom is -0.337 e. The first-order chi connectivity index (χ1) is 8.22. The Bertz CT molecular complexity index is 715. The molecule has 2 heterocycles. The van der Waals surface area contributed by atoms with Crippen LogP contribution in [0.4, 0.5) is 0 Å². The van der Waals surface area contributed by atoms with E-state index >= 15 is 0 Å². The third-order valence-corrected chi connectivity index (χ3v) is 3.34. The van der Waals surface area contributed by atoms with Gasteiger partial charge in [0.1, 0.15) is 17.4 Å². The number of aromatic nitrogens is 3. The maximum atomic E-state index is 6.18. The summed E-state index contributed by atoms with van der Waals surface area (Å²) in [5, 5.41) is 1.66. The van der Waals surface area contributed by atoms with Gasteiger partial charge in [-0.2, -0.15) is 0 Å². The summed E-state index contributed by atoms with van der Waals surface area (Å²) in [6, 6.07) is 6.37. The Morgan fingerprint density at radius 3 is 2.88 bits per heavy atom. The molecule has 0 aliphatic rings. The van der Waals surface area contributed by atoms with Gasteiger partial charge >= 0.3 is 0 Å². The lowest BCUT2D eigenvalue weighted by Crippen LogP contribution is -1.94. The Labute approximate surface area is 104 Å². The van der Waals surface area contributed by atoms with Crippen LogP contribution in [0.25, 0.3) is 21.9 Å². The molecule has 0 bridgehead atoms. The summed E-state index contributed by atoms with van der Waals surface area (Å²) < 4.78 is 2.16. The van der Waals surface area contributed by atoms with Crippen molar-refractivity contribution in [1.29, 1.82) is 0 Å². The molecule has 0 aliphatic carbocycles. The van der Waals surface area contributed by atoms with Crippen LogP contribution in [-0.4, -0.2) is 14.5 Å². The van der Waals surface area contributed by atoms with Crippen molar-refractivity contribution in [3.8, 4) is 0 Å². The van der Waals surface area contributed by atoms with Gasteiger partial charge in [-0.3, -0.25) is 0 Å². The van der Waals surface area contributed by atoms with Gasteiger partial charge in [0.05, 0.1) is 5.52 Å². The van der Waals surface area contributed by atoms with E-state index < -0.39 is 0 Å². The Balaban J connectivity index is 2.62. The summed E-state index contributed by atoms with van der Waals surface area (Å²) in [6.07, 6.45) is 1.52. The van der Waals surface area contributed by atoms with Crippen molar-refractivity contribution in [3.05, 3.63) is 35.2 Å². The van der Waals surface area contributed by atoms with Crippen LogP contribution in [0, 0.1) is 6.92 Å². The third-order valence-electron chi connectivity index (χ3n) is 3.06. The predicted molar refractivity (Wildman–Crippen MR) is 70.5 cm³/mol. The summed E-state index contributed by atoms with van der Waals surface area (Å²) in [5.41, 5.74) is 4.25. The molecule has 0 fully saturated rings. The second kappa shape index (κ2) is 3.70. The van der Waals surface area contributed by atoms with Crippen LogP contribution in [0.1, 0.15) is 12.5 Å². The Morgan fingerprint density at radius 2 is 2.12 bits per heavy atom. The van der Waals surface area contributed by atoms with Crippen LogP contribution >= 0.6 is 11.6 Å². The smallest absolute Gasteiger partial charge is 0.156 e. The maximum Gasteiger partial charge on any atom is 0.156 e. The third kappa shape index (κ3) is 1.42. The van der Waals surface area contributed by atoms with Crippen LogP contribution in [0.15, 0.2) is 24.5 Å². The fourth-order valence-corrected chi connectivity index (χ4v) is 2.55. The SMILES string of the molecule is CCn1c2ccc(C)cc2c2ncnc(Cl)c21. The molecule has 3 aromatic rings. The maximum absolute atomic E-state index is 6.18. The van der Waals surface area contributed by atoms with Crippen molar-refractivity contribution in [1.82, 2.24) is 14.5 Å². The van der Waals surface area contributed by atoms with Crippen molar-refractivity contribution in [2.24, 2.45) is 0 Å². The quantitative estimate of drug-likeness (QED) is 0.614. The molecule has 3 rings (SSSR count). The van der Waals surface area contributed by atoms with Gasteiger partial charge in [0, 0.05) is 11.9 Å². The zero-order chi connectivity index (χ0) is 12.0. The number of hydrogen-bond donors (Lipinski definition) is 0. The van der Waals surface area contributed by atoms with Gasteiger partial charge in [0.2, 0.25) is 0 Å². The zero-order valence-electron chi connectivity index (χ0n) is 9.74. The second-order valence-electron chi connectivity index (χ2n) is 4.13. The Morgan fingerprint density at radius 1 is 1.29 bits per heavy atom. The molecular formula is C13H12ClN3. The molecule has 0 spiro atoms. The largest absolute Gasteiger partial charge is 0.337 e. The summed E-state index contributed by atoms with van der Waals surface area (Å²) in [5.74, 6) is 0. The normalized spacial score (nSPS) is 11.5. The van der Waals surface area contributed by atoms with E-state index in [0.29, 0.717) is 5.15 Å². The zero-order valence-corrected chi connectivity index (χ0v) is 10.5. The van der Waals surface area contributed by atoms with E-state index in [2.05, 4.69) is 46.6 Å². The van der Waals surface area contributed by atoms with E-state index in [-0.39, 0.29) is 0 Å². The molecule has 2 aromatic heterocycles. The van der Waals surface area contributed by atoms with Gasteiger partial charge in [-0.1, -0.05) is 23.2 Å². The fraction of sp³-hybridized carbons (Fsp3) is 0.231. The van der Waals surface area contributed by atoms with Gasteiger partial charge in [-0.15, -0.1) is 0 Å². The van der Waals surface area contributed by atoms with Crippen LogP contribution < -0.4 is 0 Å². The first-order valence-electron chi connectivity index (χ1n) is 5.61. The number of hydrogen-bond acceptors (Lipinski definition) is 2. The van der Waals surface area contributed by atoms with Gasteiger partial charge in [0.15, 0.2) is 5.15 Å². The lowest BCUT2D eigenvalue weighted by atomic mass is 10.2. The Hall–Kier alpha value is -1.61. The van der Waals surface area contributed by atoms with E-state index in [1.807, 2.05) is 0 Å². The van der Waals surface area contributed by atoms with Crippen molar-refractivity contribution in [2.45, 2.75) is 20.4 Å². The molecule has 0 atom stereocenters. The lowest BCUT2D eigenvalue weighted by Gasteiger charge is -2.03. The minimum atomic E-state index is 0.519. The van der Waals surface area contributed by atoms with Crippen LogP contribution in [-0.2, 0) is 6.54 Å². The fourth-order valence-electron chi connectivity index (χ4n) is 2.32. The Kier molecular flexibility index (Phi) is 2.30. The molecule has 3 nitrogen and oxygen atoms in total. The first kappa shape index (κ1) is 10.5. The summed E-state index contributed by atoms with van der Waals surface area (Å²) in [4.78, 5) is 8.43. The number of aryl methyl sites for hydroxylation is 2. The van der Waals surface area contributed by atoms with Crippen LogP contribution in [0.2, 0.25) is 5.15 Å². The highest BCUT2D eigenvalue weighted by molar-refractivity contribution is 6.34. The molecule has 0 unspecified atom stereocenters. The van der Waals surface area contributed by atoms with E-state index in [4.69, 9.17) is 11.6 Å². The van der Waals surface area contributed by atoms with E-state index in [1.165, 1.54) is 11.9 Å². The molecule has 0 saturated heterocycles. The first-order valence-corrected chi connectivity index (χ1v) is 5.99. The highest BCUT2D eigenvalue weighted by Crippen LogP contribution is 2.31. The number of benzene rings is 1. The molecule has 0 radical (unpaired) electrons. The topological polar surface area (TPSA) is 30.7 Å². The van der Waals surface area contributed by atoms with Crippen LogP contribution in [0.3, 0.4) is 0 Å². The molecule has 0 amide bonds. The molecular weight excluding hydrogens is 234 g/mol. The summed E-state index contributed by atoms with van der Waals surface area (Å²) in [6.45, 7) is 5.04.